The minimum Gasteiger partial charge on any atom is -0.497 e. The maximum absolute atomic E-state index is 5.18. The van der Waals surface area contributed by atoms with Gasteiger partial charge in [-0.05, 0) is 40.8 Å². The van der Waals surface area contributed by atoms with Crippen molar-refractivity contribution in [3.8, 4) is 16.9 Å². The van der Waals surface area contributed by atoms with Gasteiger partial charge in [-0.25, -0.2) is 0 Å². The molecule has 0 atom stereocenters. The third-order valence-electron chi connectivity index (χ3n) is 3.63. The van der Waals surface area contributed by atoms with Gasteiger partial charge >= 0.3 is 0 Å². The summed E-state index contributed by atoms with van der Waals surface area (Å²) in [6, 6.07) is 27.5. The highest BCUT2D eigenvalue weighted by atomic mass is 16.5. The van der Waals surface area contributed by atoms with E-state index in [1.807, 2.05) is 18.2 Å². The van der Waals surface area contributed by atoms with E-state index in [1.54, 1.807) is 7.11 Å². The van der Waals surface area contributed by atoms with Crippen molar-refractivity contribution < 1.29 is 4.74 Å². The average molecular weight is 274 g/mol. The topological polar surface area (TPSA) is 9.23 Å². The Morgan fingerprint density at radius 2 is 1.14 bits per heavy atom. The van der Waals surface area contributed by atoms with Gasteiger partial charge in [-0.2, -0.15) is 0 Å². The highest BCUT2D eigenvalue weighted by molar-refractivity contribution is 5.63. The molecule has 0 aliphatic rings. The Bertz CT molecular complexity index is 682. The van der Waals surface area contributed by atoms with Crippen LogP contribution in [0.4, 0.5) is 0 Å². The summed E-state index contributed by atoms with van der Waals surface area (Å²) in [4.78, 5) is 0. The molecule has 0 saturated heterocycles. The third kappa shape index (κ3) is 3.32. The van der Waals surface area contributed by atoms with Crippen molar-refractivity contribution in [1.82, 2.24) is 0 Å². The van der Waals surface area contributed by atoms with Gasteiger partial charge in [0.05, 0.1) is 7.11 Å². The van der Waals surface area contributed by atoms with E-state index in [0.717, 1.165) is 12.2 Å². The Balaban J connectivity index is 1.75. The van der Waals surface area contributed by atoms with Crippen LogP contribution in [0, 0.1) is 0 Å². The molecule has 0 spiro atoms. The van der Waals surface area contributed by atoms with Gasteiger partial charge in [0.2, 0.25) is 0 Å². The molecule has 3 aromatic rings. The van der Waals surface area contributed by atoms with Crippen molar-refractivity contribution in [2.75, 3.05) is 7.11 Å². The van der Waals surface area contributed by atoms with Crippen molar-refractivity contribution in [2.24, 2.45) is 0 Å². The molecule has 0 aromatic heterocycles. The molecule has 0 fully saturated rings. The lowest BCUT2D eigenvalue weighted by Crippen LogP contribution is -1.89. The fourth-order valence-corrected chi connectivity index (χ4v) is 2.42. The van der Waals surface area contributed by atoms with E-state index in [-0.39, 0.29) is 0 Å². The molecule has 0 unspecified atom stereocenters. The first-order chi connectivity index (χ1) is 10.3. The molecule has 0 saturated carbocycles. The van der Waals surface area contributed by atoms with Gasteiger partial charge in [-0.1, -0.05) is 66.7 Å². The summed E-state index contributed by atoms with van der Waals surface area (Å²) >= 11 is 0. The molecule has 0 N–H and O–H groups in total. The molecule has 0 amide bonds. The van der Waals surface area contributed by atoms with E-state index in [0.29, 0.717) is 0 Å². The Hall–Kier alpha value is -2.54. The molecule has 21 heavy (non-hydrogen) atoms. The predicted molar refractivity (Wildman–Crippen MR) is 87.7 cm³/mol. The van der Waals surface area contributed by atoms with Crippen molar-refractivity contribution in [3.05, 3.63) is 90.0 Å². The van der Waals surface area contributed by atoms with E-state index in [4.69, 9.17) is 4.74 Å². The first kappa shape index (κ1) is 13.4. The lowest BCUT2D eigenvalue weighted by atomic mass is 10.0. The summed E-state index contributed by atoms with van der Waals surface area (Å²) in [6.45, 7) is 0. The first-order valence-electron chi connectivity index (χ1n) is 7.12. The zero-order chi connectivity index (χ0) is 14.5. The third-order valence-corrected chi connectivity index (χ3v) is 3.63. The first-order valence-corrected chi connectivity index (χ1v) is 7.12. The lowest BCUT2D eigenvalue weighted by molar-refractivity contribution is 0.414. The van der Waals surface area contributed by atoms with Crippen molar-refractivity contribution in [1.29, 1.82) is 0 Å². The lowest BCUT2D eigenvalue weighted by Gasteiger charge is -2.06. The Morgan fingerprint density at radius 1 is 0.619 bits per heavy atom. The van der Waals surface area contributed by atoms with E-state index in [9.17, 15) is 0 Å². The molecule has 1 nitrogen and oxygen atoms in total. The van der Waals surface area contributed by atoms with Crippen LogP contribution in [-0.2, 0) is 6.42 Å². The quantitative estimate of drug-likeness (QED) is 0.654. The second kappa shape index (κ2) is 6.27. The van der Waals surface area contributed by atoms with Gasteiger partial charge in [0, 0.05) is 0 Å². The summed E-state index contributed by atoms with van der Waals surface area (Å²) in [5, 5.41) is 0. The van der Waals surface area contributed by atoms with Crippen molar-refractivity contribution >= 4 is 0 Å². The van der Waals surface area contributed by atoms with Gasteiger partial charge in [0.25, 0.3) is 0 Å². The zero-order valence-electron chi connectivity index (χ0n) is 12.1. The predicted octanol–water partition coefficient (Wildman–Crippen LogP) is 4.95. The number of ether oxygens (including phenoxy) is 1. The number of rotatable bonds is 4. The summed E-state index contributed by atoms with van der Waals surface area (Å²) in [5.74, 6) is 0.901. The van der Waals surface area contributed by atoms with E-state index >= 15 is 0 Å². The van der Waals surface area contributed by atoms with Gasteiger partial charge in [0.15, 0.2) is 0 Å². The van der Waals surface area contributed by atoms with Crippen LogP contribution in [0.15, 0.2) is 78.9 Å². The van der Waals surface area contributed by atoms with Gasteiger partial charge in [-0.3, -0.25) is 0 Å². The van der Waals surface area contributed by atoms with Crippen LogP contribution in [0.3, 0.4) is 0 Å². The molecule has 0 radical (unpaired) electrons. The van der Waals surface area contributed by atoms with Crippen LogP contribution in [0.5, 0.6) is 5.75 Å². The molecule has 3 rings (SSSR count). The molecular formula is C20H18O. The van der Waals surface area contributed by atoms with E-state index in [1.165, 1.54) is 22.3 Å². The smallest absolute Gasteiger partial charge is 0.118 e. The standard InChI is InChI=1S/C20H18O/c1-21-20-13-9-17(10-14-20)15-16-7-11-19(12-8-16)18-5-3-2-4-6-18/h2-14H,15H2,1H3. The van der Waals surface area contributed by atoms with Crippen LogP contribution >= 0.6 is 0 Å². The zero-order valence-corrected chi connectivity index (χ0v) is 12.1. The number of hydrogen-bond donors (Lipinski definition) is 0. The average Bonchev–Trinajstić information content (AvgIpc) is 2.57. The Labute approximate surface area is 125 Å². The molecule has 0 aliphatic heterocycles. The number of methoxy groups -OCH3 is 1. The second-order valence-corrected chi connectivity index (χ2v) is 5.09. The van der Waals surface area contributed by atoms with Crippen LogP contribution in [-0.4, -0.2) is 7.11 Å². The molecular weight excluding hydrogens is 256 g/mol. The van der Waals surface area contributed by atoms with Gasteiger partial charge < -0.3 is 4.74 Å². The fourth-order valence-electron chi connectivity index (χ4n) is 2.42. The maximum atomic E-state index is 5.18. The number of hydrogen-bond acceptors (Lipinski definition) is 1. The second-order valence-electron chi connectivity index (χ2n) is 5.09. The van der Waals surface area contributed by atoms with Crippen LogP contribution in [0.1, 0.15) is 11.1 Å². The number of benzene rings is 3. The summed E-state index contributed by atoms with van der Waals surface area (Å²) < 4.78 is 5.18. The summed E-state index contributed by atoms with van der Waals surface area (Å²) in [7, 11) is 1.69. The largest absolute Gasteiger partial charge is 0.497 e. The molecule has 0 aliphatic carbocycles. The highest BCUT2D eigenvalue weighted by Crippen LogP contribution is 2.21. The minimum absolute atomic E-state index is 0.901. The monoisotopic (exact) mass is 274 g/mol. The van der Waals surface area contributed by atoms with E-state index in [2.05, 4.69) is 60.7 Å². The highest BCUT2D eigenvalue weighted by Gasteiger charge is 2.00. The normalized spacial score (nSPS) is 10.3. The Kier molecular flexibility index (Phi) is 4.02. The molecule has 1 heteroatoms. The Morgan fingerprint density at radius 3 is 1.71 bits per heavy atom. The molecule has 0 heterocycles. The van der Waals surface area contributed by atoms with E-state index < -0.39 is 0 Å². The van der Waals surface area contributed by atoms with Crippen LogP contribution < -0.4 is 4.74 Å². The van der Waals surface area contributed by atoms with Crippen LogP contribution in [0.2, 0.25) is 0 Å². The summed E-state index contributed by atoms with van der Waals surface area (Å²) in [5.41, 5.74) is 5.13. The van der Waals surface area contributed by atoms with Crippen molar-refractivity contribution in [2.45, 2.75) is 6.42 Å². The van der Waals surface area contributed by atoms with Crippen LogP contribution in [0.25, 0.3) is 11.1 Å². The maximum Gasteiger partial charge on any atom is 0.118 e. The summed E-state index contributed by atoms with van der Waals surface area (Å²) in [6.07, 6.45) is 0.944. The molecule has 104 valence electrons. The molecule has 3 aromatic carbocycles. The van der Waals surface area contributed by atoms with Gasteiger partial charge in [-0.15, -0.1) is 0 Å². The fraction of sp³-hybridized carbons (Fsp3) is 0.100. The minimum atomic E-state index is 0.901. The van der Waals surface area contributed by atoms with Gasteiger partial charge in [0.1, 0.15) is 5.75 Å². The molecule has 0 bridgehead atoms. The SMILES string of the molecule is COc1ccc(Cc2ccc(-c3ccccc3)cc2)cc1. The van der Waals surface area contributed by atoms with Crippen molar-refractivity contribution in [3.63, 3.8) is 0 Å².